The number of carbonyl (C=O) groups excluding carboxylic acids is 2. The lowest BCUT2D eigenvalue weighted by molar-refractivity contribution is -0.432. The van der Waals surface area contributed by atoms with Crippen LogP contribution >= 0.6 is 12.0 Å². The van der Waals surface area contributed by atoms with Gasteiger partial charge in [0, 0.05) is 5.41 Å². The molecule has 1 fully saturated rings. The van der Waals surface area contributed by atoms with Crippen molar-refractivity contribution in [1.82, 2.24) is 0 Å². The first-order valence-electron chi connectivity index (χ1n) is 8.99. The van der Waals surface area contributed by atoms with Gasteiger partial charge in [-0.05, 0) is 17.8 Å². The Kier molecular flexibility index (Phi) is 8.38. The van der Waals surface area contributed by atoms with Crippen molar-refractivity contribution < 1.29 is 33.7 Å². The van der Waals surface area contributed by atoms with Gasteiger partial charge >= 0.3 is 11.9 Å². The van der Waals surface area contributed by atoms with E-state index < -0.39 is 28.5 Å². The molecule has 0 aromatic heterocycles. The van der Waals surface area contributed by atoms with E-state index in [-0.39, 0.29) is 30.0 Å². The van der Waals surface area contributed by atoms with Crippen molar-refractivity contribution in [1.29, 1.82) is 0 Å². The number of rotatable bonds is 9. The highest BCUT2D eigenvalue weighted by Gasteiger charge is 2.58. The van der Waals surface area contributed by atoms with Crippen molar-refractivity contribution in [3.8, 4) is 0 Å². The zero-order valence-electron chi connectivity index (χ0n) is 16.8. The topological polar surface area (TPSA) is 91.3 Å². The SMILES string of the molecule is CC(C)C(OC(=O)C(SOOO)C1C(=O)OC(C(C)C)C1(C)C)C(C)C. The molecule has 0 radical (unpaired) electrons. The summed E-state index contributed by atoms with van der Waals surface area (Å²) in [7, 11) is 0. The molecule has 0 aromatic carbocycles. The van der Waals surface area contributed by atoms with Crippen LogP contribution in [0.2, 0.25) is 0 Å². The lowest BCUT2D eigenvalue weighted by atomic mass is 9.72. The van der Waals surface area contributed by atoms with E-state index in [1.165, 1.54) is 0 Å². The summed E-state index contributed by atoms with van der Waals surface area (Å²) in [6, 6.07) is 0. The number of hydrogen-bond acceptors (Lipinski definition) is 8. The van der Waals surface area contributed by atoms with Crippen LogP contribution in [0.3, 0.4) is 0 Å². The van der Waals surface area contributed by atoms with E-state index in [1.54, 1.807) is 0 Å². The van der Waals surface area contributed by atoms with Crippen LogP contribution in [-0.2, 0) is 28.4 Å². The average Bonchev–Trinajstić information content (AvgIpc) is 2.75. The highest BCUT2D eigenvalue weighted by atomic mass is 32.2. The fourth-order valence-electron chi connectivity index (χ4n) is 3.87. The van der Waals surface area contributed by atoms with Crippen LogP contribution in [0.4, 0.5) is 0 Å². The second-order valence-electron chi connectivity index (χ2n) is 8.45. The minimum Gasteiger partial charge on any atom is -0.461 e. The minimum absolute atomic E-state index is 0.0923. The Hall–Kier alpha value is -0.830. The quantitative estimate of drug-likeness (QED) is 0.274. The average molecular weight is 393 g/mol. The normalized spacial score (nSPS) is 23.8. The van der Waals surface area contributed by atoms with Crippen molar-refractivity contribution in [2.45, 2.75) is 72.8 Å². The monoisotopic (exact) mass is 392 g/mol. The molecule has 0 spiro atoms. The molecule has 0 aromatic rings. The maximum atomic E-state index is 12.9. The van der Waals surface area contributed by atoms with E-state index in [9.17, 15) is 9.59 Å². The van der Waals surface area contributed by atoms with Crippen LogP contribution in [-0.4, -0.2) is 34.7 Å². The molecule has 1 saturated heterocycles. The molecule has 1 rings (SSSR count). The highest BCUT2D eigenvalue weighted by molar-refractivity contribution is 7.96. The van der Waals surface area contributed by atoms with Gasteiger partial charge in [0.1, 0.15) is 17.5 Å². The van der Waals surface area contributed by atoms with Crippen LogP contribution in [0.5, 0.6) is 0 Å². The summed E-state index contributed by atoms with van der Waals surface area (Å²) in [4.78, 5) is 25.5. The molecule has 3 unspecified atom stereocenters. The first-order valence-corrected chi connectivity index (χ1v) is 9.80. The van der Waals surface area contributed by atoms with Gasteiger partial charge in [0.2, 0.25) is 0 Å². The summed E-state index contributed by atoms with van der Waals surface area (Å²) in [5.41, 5.74) is -0.619. The van der Waals surface area contributed by atoms with Gasteiger partial charge in [-0.15, -0.1) is 4.33 Å². The molecule has 8 heteroatoms. The number of hydrogen-bond donors (Lipinski definition) is 1. The van der Waals surface area contributed by atoms with Gasteiger partial charge in [-0.2, -0.15) is 0 Å². The molecule has 152 valence electrons. The van der Waals surface area contributed by atoms with Gasteiger partial charge in [0.25, 0.3) is 0 Å². The van der Waals surface area contributed by atoms with Gasteiger partial charge < -0.3 is 9.47 Å². The Labute approximate surface area is 160 Å². The molecule has 0 bridgehead atoms. The van der Waals surface area contributed by atoms with Crippen LogP contribution in [0, 0.1) is 29.1 Å². The van der Waals surface area contributed by atoms with Crippen molar-refractivity contribution in [2.24, 2.45) is 29.1 Å². The lowest BCUT2D eigenvalue weighted by Crippen LogP contribution is -2.44. The standard InChI is InChI=1S/C18H32O7S/c1-9(2)13(10(3)4)22-17(20)14(26-25-24-21)12-16(19)23-15(11(5)6)18(12,7)8/h9-15,21H,1-8H3. The molecule has 1 heterocycles. The second kappa shape index (κ2) is 9.39. The number of carbonyl (C=O) groups is 2. The van der Waals surface area contributed by atoms with Gasteiger partial charge in [0.05, 0.1) is 18.0 Å². The third kappa shape index (κ3) is 5.12. The Morgan fingerprint density at radius 2 is 1.69 bits per heavy atom. The summed E-state index contributed by atoms with van der Waals surface area (Å²) < 4.78 is 15.8. The fraction of sp³-hybridized carbons (Fsp3) is 0.889. The van der Waals surface area contributed by atoms with Crippen molar-refractivity contribution in [3.63, 3.8) is 0 Å². The Bertz CT molecular complexity index is 482. The number of ether oxygens (including phenoxy) is 2. The number of esters is 2. The molecule has 0 aliphatic carbocycles. The van der Waals surface area contributed by atoms with Gasteiger partial charge in [-0.25, -0.2) is 5.26 Å². The Morgan fingerprint density at radius 3 is 2.08 bits per heavy atom. The smallest absolute Gasteiger partial charge is 0.322 e. The molecule has 1 aliphatic heterocycles. The van der Waals surface area contributed by atoms with Crippen LogP contribution in [0.15, 0.2) is 0 Å². The number of cyclic esters (lactones) is 1. The molecular formula is C18H32O7S. The van der Waals surface area contributed by atoms with Crippen LogP contribution < -0.4 is 0 Å². The summed E-state index contributed by atoms with van der Waals surface area (Å²) in [5, 5.41) is 11.2. The van der Waals surface area contributed by atoms with E-state index in [1.807, 2.05) is 55.4 Å². The van der Waals surface area contributed by atoms with E-state index in [2.05, 4.69) is 9.37 Å². The highest BCUT2D eigenvalue weighted by Crippen LogP contribution is 2.48. The summed E-state index contributed by atoms with van der Waals surface area (Å²) >= 11 is 0.565. The van der Waals surface area contributed by atoms with Gasteiger partial charge in [-0.3, -0.25) is 9.59 Å². The Balaban J connectivity index is 3.12. The van der Waals surface area contributed by atoms with Crippen molar-refractivity contribution >= 4 is 24.0 Å². The van der Waals surface area contributed by atoms with Crippen LogP contribution in [0.1, 0.15) is 55.4 Å². The zero-order valence-corrected chi connectivity index (χ0v) is 17.7. The summed E-state index contributed by atoms with van der Waals surface area (Å²) in [5.74, 6) is -1.52. The molecule has 26 heavy (non-hydrogen) atoms. The largest absolute Gasteiger partial charge is 0.461 e. The molecule has 7 nitrogen and oxygen atoms in total. The molecule has 0 amide bonds. The molecule has 0 saturated carbocycles. The van der Waals surface area contributed by atoms with E-state index >= 15 is 0 Å². The molecule has 1 N–H and O–H groups in total. The van der Waals surface area contributed by atoms with Gasteiger partial charge in [-0.1, -0.05) is 60.4 Å². The van der Waals surface area contributed by atoms with E-state index in [4.69, 9.17) is 14.7 Å². The minimum atomic E-state index is -1.02. The maximum Gasteiger partial charge on any atom is 0.322 e. The fourth-order valence-corrected chi connectivity index (χ4v) is 4.70. The van der Waals surface area contributed by atoms with E-state index in [0.717, 1.165) is 0 Å². The summed E-state index contributed by atoms with van der Waals surface area (Å²) in [6.45, 7) is 15.6. The summed E-state index contributed by atoms with van der Waals surface area (Å²) in [6.07, 6.45) is -0.640. The third-order valence-electron chi connectivity index (χ3n) is 4.91. The maximum absolute atomic E-state index is 12.9. The third-order valence-corrected chi connectivity index (χ3v) is 5.72. The van der Waals surface area contributed by atoms with Gasteiger partial charge in [0.15, 0.2) is 0 Å². The first kappa shape index (κ1) is 23.2. The first-order chi connectivity index (χ1) is 11.9. The molecule has 3 atom stereocenters. The predicted molar refractivity (Wildman–Crippen MR) is 97.7 cm³/mol. The lowest BCUT2D eigenvalue weighted by Gasteiger charge is -2.34. The van der Waals surface area contributed by atoms with E-state index in [0.29, 0.717) is 12.0 Å². The molecular weight excluding hydrogens is 360 g/mol. The van der Waals surface area contributed by atoms with Crippen LogP contribution in [0.25, 0.3) is 0 Å². The van der Waals surface area contributed by atoms with Crippen molar-refractivity contribution in [3.05, 3.63) is 0 Å². The second-order valence-corrected chi connectivity index (χ2v) is 9.29. The predicted octanol–water partition coefficient (Wildman–Crippen LogP) is 3.87. The Morgan fingerprint density at radius 1 is 1.15 bits per heavy atom. The zero-order chi connectivity index (χ0) is 20.2. The van der Waals surface area contributed by atoms with Crippen molar-refractivity contribution in [2.75, 3.05) is 0 Å². The molecule has 1 aliphatic rings.